The maximum atomic E-state index is 4.84. The second-order valence-corrected chi connectivity index (χ2v) is 6.57. The molecule has 0 amide bonds. The summed E-state index contributed by atoms with van der Waals surface area (Å²) in [6.07, 6.45) is 3.25. The van der Waals surface area contributed by atoms with Crippen molar-refractivity contribution >= 4 is 11.3 Å². The molecule has 1 heterocycles. The minimum absolute atomic E-state index is 0.559. The summed E-state index contributed by atoms with van der Waals surface area (Å²) in [5.74, 6) is 0. The lowest BCUT2D eigenvalue weighted by atomic mass is 10.1. The van der Waals surface area contributed by atoms with Gasteiger partial charge in [-0.1, -0.05) is 45.0 Å². The van der Waals surface area contributed by atoms with E-state index in [4.69, 9.17) is 4.98 Å². The van der Waals surface area contributed by atoms with E-state index in [-0.39, 0.29) is 0 Å². The number of aromatic nitrogens is 1. The lowest BCUT2D eigenvalue weighted by Crippen LogP contribution is -2.24. The van der Waals surface area contributed by atoms with E-state index in [1.54, 1.807) is 0 Å². The molecular formula is C18H26N2S. The number of thiazole rings is 1. The summed E-state index contributed by atoms with van der Waals surface area (Å²) in [5.41, 5.74) is 3.86. The molecule has 0 aliphatic heterocycles. The van der Waals surface area contributed by atoms with Gasteiger partial charge in [-0.3, -0.25) is 0 Å². The molecule has 21 heavy (non-hydrogen) atoms. The topological polar surface area (TPSA) is 24.9 Å². The molecule has 0 aliphatic carbocycles. The number of hydrogen-bond donors (Lipinski definition) is 1. The first-order chi connectivity index (χ1) is 10.2. The molecule has 0 radical (unpaired) electrons. The Bertz CT molecular complexity index is 557. The highest BCUT2D eigenvalue weighted by atomic mass is 32.1. The Morgan fingerprint density at radius 1 is 1.10 bits per heavy atom. The maximum absolute atomic E-state index is 4.84. The summed E-state index contributed by atoms with van der Waals surface area (Å²) in [6, 6.07) is 9.37. The van der Waals surface area contributed by atoms with Crippen LogP contribution in [0.4, 0.5) is 0 Å². The van der Waals surface area contributed by atoms with Gasteiger partial charge in [0, 0.05) is 23.0 Å². The average Bonchev–Trinajstić information content (AvgIpc) is 2.95. The van der Waals surface area contributed by atoms with E-state index >= 15 is 0 Å². The van der Waals surface area contributed by atoms with Crippen molar-refractivity contribution < 1.29 is 0 Å². The van der Waals surface area contributed by atoms with Gasteiger partial charge in [0.2, 0.25) is 0 Å². The minimum atomic E-state index is 0.559. The summed E-state index contributed by atoms with van der Waals surface area (Å²) in [7, 11) is 0. The monoisotopic (exact) mass is 302 g/mol. The van der Waals surface area contributed by atoms with Crippen molar-refractivity contribution in [1.29, 1.82) is 0 Å². The number of nitrogens with one attached hydrogen (secondary N) is 1. The Morgan fingerprint density at radius 3 is 2.38 bits per heavy atom. The van der Waals surface area contributed by atoms with Gasteiger partial charge in [-0.25, -0.2) is 4.98 Å². The molecule has 2 aromatic rings. The molecule has 1 N–H and O–H groups in total. The molecule has 0 spiro atoms. The number of benzene rings is 1. The average molecular weight is 302 g/mol. The Hall–Kier alpha value is -1.19. The fourth-order valence-corrected chi connectivity index (χ4v) is 3.32. The summed E-state index contributed by atoms with van der Waals surface area (Å²) in [5, 5.41) is 4.73. The molecule has 114 valence electrons. The summed E-state index contributed by atoms with van der Waals surface area (Å²) in [4.78, 5) is 6.22. The third-order valence-electron chi connectivity index (χ3n) is 3.95. The Balaban J connectivity index is 2.18. The normalized spacial score (nSPS) is 12.6. The first-order valence-electron chi connectivity index (χ1n) is 7.99. The van der Waals surface area contributed by atoms with Crippen LogP contribution in [-0.2, 0) is 19.4 Å². The van der Waals surface area contributed by atoms with Gasteiger partial charge in [0.15, 0.2) is 0 Å². The Morgan fingerprint density at radius 2 is 1.81 bits per heavy atom. The molecule has 0 fully saturated rings. The van der Waals surface area contributed by atoms with Crippen molar-refractivity contribution in [3.63, 3.8) is 0 Å². The number of nitrogens with zero attached hydrogens (tertiary/aromatic N) is 1. The molecule has 1 atom stereocenters. The first kappa shape index (κ1) is 16.2. The van der Waals surface area contributed by atoms with E-state index in [0.29, 0.717) is 6.04 Å². The molecule has 3 heteroatoms. The van der Waals surface area contributed by atoms with Crippen LogP contribution in [0.25, 0.3) is 10.6 Å². The van der Waals surface area contributed by atoms with E-state index in [9.17, 15) is 0 Å². The molecular weight excluding hydrogens is 276 g/mol. The third kappa shape index (κ3) is 4.14. The van der Waals surface area contributed by atoms with Crippen molar-refractivity contribution in [2.24, 2.45) is 0 Å². The van der Waals surface area contributed by atoms with Crippen molar-refractivity contribution in [2.75, 3.05) is 0 Å². The molecule has 1 aromatic carbocycles. The lowest BCUT2D eigenvalue weighted by Gasteiger charge is -2.10. The van der Waals surface area contributed by atoms with Crippen LogP contribution in [0.2, 0.25) is 0 Å². The third-order valence-corrected chi connectivity index (χ3v) is 5.09. The SMILES string of the molecule is CCc1ccc(-c2nc(CC)c(CNC(C)CC)s2)cc1. The largest absolute Gasteiger partial charge is 0.309 e. The first-order valence-corrected chi connectivity index (χ1v) is 8.80. The zero-order valence-corrected chi connectivity index (χ0v) is 14.4. The maximum Gasteiger partial charge on any atom is 0.123 e. The van der Waals surface area contributed by atoms with Crippen LogP contribution >= 0.6 is 11.3 Å². The predicted octanol–water partition coefficient (Wildman–Crippen LogP) is 4.82. The predicted molar refractivity (Wildman–Crippen MR) is 92.9 cm³/mol. The van der Waals surface area contributed by atoms with Gasteiger partial charge in [0.25, 0.3) is 0 Å². The van der Waals surface area contributed by atoms with Gasteiger partial charge in [0.05, 0.1) is 5.69 Å². The van der Waals surface area contributed by atoms with Crippen LogP contribution < -0.4 is 5.32 Å². The van der Waals surface area contributed by atoms with Crippen molar-refractivity contribution in [3.05, 3.63) is 40.4 Å². The molecule has 0 saturated heterocycles. The Labute approximate surface area is 132 Å². The number of hydrogen-bond acceptors (Lipinski definition) is 3. The van der Waals surface area contributed by atoms with Gasteiger partial charge in [-0.05, 0) is 31.7 Å². The van der Waals surface area contributed by atoms with Crippen LogP contribution in [-0.4, -0.2) is 11.0 Å². The van der Waals surface area contributed by atoms with Crippen LogP contribution in [0, 0.1) is 0 Å². The molecule has 1 unspecified atom stereocenters. The molecule has 0 bridgehead atoms. The van der Waals surface area contributed by atoms with Crippen molar-refractivity contribution in [1.82, 2.24) is 10.3 Å². The van der Waals surface area contributed by atoms with Crippen LogP contribution in [0.5, 0.6) is 0 Å². The van der Waals surface area contributed by atoms with Gasteiger partial charge >= 0.3 is 0 Å². The van der Waals surface area contributed by atoms with Crippen molar-refractivity contribution in [2.45, 2.75) is 59.5 Å². The zero-order valence-electron chi connectivity index (χ0n) is 13.6. The zero-order chi connectivity index (χ0) is 15.2. The van der Waals surface area contributed by atoms with Gasteiger partial charge in [-0.2, -0.15) is 0 Å². The highest BCUT2D eigenvalue weighted by molar-refractivity contribution is 7.15. The van der Waals surface area contributed by atoms with E-state index in [2.05, 4.69) is 57.3 Å². The van der Waals surface area contributed by atoms with Crippen LogP contribution in [0.3, 0.4) is 0 Å². The van der Waals surface area contributed by atoms with E-state index < -0.39 is 0 Å². The molecule has 1 aromatic heterocycles. The van der Waals surface area contributed by atoms with E-state index in [1.165, 1.54) is 21.7 Å². The molecule has 0 saturated carbocycles. The fraction of sp³-hybridized carbons (Fsp3) is 0.500. The summed E-state index contributed by atoms with van der Waals surface area (Å²) >= 11 is 1.83. The number of aryl methyl sites for hydroxylation is 2. The van der Waals surface area contributed by atoms with Crippen molar-refractivity contribution in [3.8, 4) is 10.6 Å². The summed E-state index contributed by atoms with van der Waals surface area (Å²) in [6.45, 7) is 9.75. The Kier molecular flexibility index (Phi) is 5.95. The smallest absolute Gasteiger partial charge is 0.123 e. The second kappa shape index (κ2) is 7.71. The fourth-order valence-electron chi connectivity index (χ4n) is 2.22. The quantitative estimate of drug-likeness (QED) is 0.793. The van der Waals surface area contributed by atoms with Crippen LogP contribution in [0.1, 0.15) is 50.3 Å². The second-order valence-electron chi connectivity index (χ2n) is 5.48. The van der Waals surface area contributed by atoms with Crippen LogP contribution in [0.15, 0.2) is 24.3 Å². The van der Waals surface area contributed by atoms with Gasteiger partial charge in [-0.15, -0.1) is 11.3 Å². The lowest BCUT2D eigenvalue weighted by molar-refractivity contribution is 0.535. The number of rotatable bonds is 7. The molecule has 0 aliphatic rings. The molecule has 2 nitrogen and oxygen atoms in total. The minimum Gasteiger partial charge on any atom is -0.309 e. The highest BCUT2D eigenvalue weighted by Crippen LogP contribution is 2.29. The van der Waals surface area contributed by atoms with E-state index in [0.717, 1.165) is 30.8 Å². The standard InChI is InChI=1S/C18H26N2S/c1-5-13(4)19-12-17-16(7-3)20-18(21-17)15-10-8-14(6-2)9-11-15/h8-11,13,19H,5-7,12H2,1-4H3. The highest BCUT2D eigenvalue weighted by Gasteiger charge is 2.12. The molecule has 2 rings (SSSR count). The summed E-state index contributed by atoms with van der Waals surface area (Å²) < 4.78 is 0. The van der Waals surface area contributed by atoms with E-state index in [1.807, 2.05) is 11.3 Å². The van der Waals surface area contributed by atoms with Gasteiger partial charge < -0.3 is 5.32 Å². The van der Waals surface area contributed by atoms with Gasteiger partial charge in [0.1, 0.15) is 5.01 Å².